The summed E-state index contributed by atoms with van der Waals surface area (Å²) in [6, 6.07) is 1.82. The Bertz CT molecular complexity index is 652. The van der Waals surface area contributed by atoms with Crippen LogP contribution in [-0.4, -0.2) is 4.37 Å². The molecule has 1 aromatic carbocycles. The lowest BCUT2D eigenvalue weighted by atomic mass is 10.2. The molecular formula is C8HCl3N2OS. The first-order valence-electron chi connectivity index (χ1n) is 3.65. The van der Waals surface area contributed by atoms with Crippen molar-refractivity contribution < 1.29 is 0 Å². The van der Waals surface area contributed by atoms with Crippen LogP contribution in [0.2, 0.25) is 15.1 Å². The Morgan fingerprint density at radius 1 is 1.20 bits per heavy atom. The summed E-state index contributed by atoms with van der Waals surface area (Å²) in [7, 11) is 0. The van der Waals surface area contributed by atoms with Crippen molar-refractivity contribution in [1.82, 2.24) is 4.37 Å². The van der Waals surface area contributed by atoms with E-state index in [2.05, 4.69) is 4.37 Å². The van der Waals surface area contributed by atoms with Crippen LogP contribution in [0.5, 0.6) is 0 Å². The topological polar surface area (TPSA) is 56.6 Å². The summed E-state index contributed by atoms with van der Waals surface area (Å²) >= 11 is 18.7. The van der Waals surface area contributed by atoms with E-state index in [1.807, 2.05) is 6.07 Å². The van der Waals surface area contributed by atoms with E-state index in [-0.39, 0.29) is 31.6 Å². The number of rotatable bonds is 0. The number of aromatic amines is 1. The van der Waals surface area contributed by atoms with Gasteiger partial charge in [0.2, 0.25) is 0 Å². The Morgan fingerprint density at radius 2 is 1.87 bits per heavy atom. The van der Waals surface area contributed by atoms with Gasteiger partial charge in [0.1, 0.15) is 6.07 Å². The molecular weight excluding hydrogens is 279 g/mol. The summed E-state index contributed by atoms with van der Waals surface area (Å²) in [5.41, 5.74) is -0.338. The van der Waals surface area contributed by atoms with Gasteiger partial charge in [0.25, 0.3) is 5.56 Å². The Hall–Kier alpha value is -0.730. The minimum absolute atomic E-state index is 0.0275. The van der Waals surface area contributed by atoms with Crippen LogP contribution in [-0.2, 0) is 0 Å². The van der Waals surface area contributed by atoms with Crippen LogP contribution in [0.4, 0.5) is 0 Å². The quantitative estimate of drug-likeness (QED) is 0.751. The molecule has 0 bridgehead atoms. The SMILES string of the molecule is N#Cc1c(Cl)c(Cl)c2s[nH]c(=O)c2c1Cl. The number of hydrogen-bond acceptors (Lipinski definition) is 3. The predicted octanol–water partition coefficient (Wildman–Crippen LogP) is 3.42. The summed E-state index contributed by atoms with van der Waals surface area (Å²) < 4.78 is 2.95. The summed E-state index contributed by atoms with van der Waals surface area (Å²) in [6.07, 6.45) is 0. The van der Waals surface area contributed by atoms with Crippen LogP contribution in [0.15, 0.2) is 4.79 Å². The van der Waals surface area contributed by atoms with Gasteiger partial charge in [-0.1, -0.05) is 46.3 Å². The molecule has 0 spiro atoms. The molecule has 0 aliphatic carbocycles. The zero-order valence-corrected chi connectivity index (χ0v) is 9.98. The molecule has 3 nitrogen and oxygen atoms in total. The molecule has 0 aliphatic rings. The average molecular weight is 280 g/mol. The van der Waals surface area contributed by atoms with Crippen LogP contribution >= 0.6 is 46.3 Å². The molecule has 0 saturated carbocycles. The summed E-state index contributed by atoms with van der Waals surface area (Å²) in [5.74, 6) is 0. The van der Waals surface area contributed by atoms with Crippen molar-refractivity contribution in [2.75, 3.05) is 0 Å². The number of nitriles is 1. The predicted molar refractivity (Wildman–Crippen MR) is 62.2 cm³/mol. The first-order chi connectivity index (χ1) is 7.07. The third-order valence-corrected chi connectivity index (χ3v) is 4.10. The van der Waals surface area contributed by atoms with Gasteiger partial charge in [-0.25, -0.2) is 0 Å². The molecule has 1 heterocycles. The fourth-order valence-corrected chi connectivity index (χ4v) is 2.98. The van der Waals surface area contributed by atoms with Gasteiger partial charge < -0.3 is 0 Å². The number of nitrogens with zero attached hydrogens (tertiary/aromatic N) is 1. The zero-order chi connectivity index (χ0) is 11.2. The summed E-state index contributed by atoms with van der Waals surface area (Å²) in [5, 5.41) is 9.34. The van der Waals surface area contributed by atoms with E-state index >= 15 is 0 Å². The van der Waals surface area contributed by atoms with E-state index in [1.54, 1.807) is 0 Å². The Kier molecular flexibility index (Phi) is 2.65. The van der Waals surface area contributed by atoms with Crippen LogP contribution in [0.1, 0.15) is 5.56 Å². The lowest BCUT2D eigenvalue weighted by molar-refractivity contribution is 1.45. The molecule has 2 rings (SSSR count). The molecule has 0 saturated heterocycles. The minimum Gasteiger partial charge on any atom is -0.277 e. The highest BCUT2D eigenvalue weighted by Gasteiger charge is 2.19. The average Bonchev–Trinajstić information content (AvgIpc) is 2.58. The van der Waals surface area contributed by atoms with E-state index in [0.29, 0.717) is 4.70 Å². The molecule has 0 atom stereocenters. The first kappa shape index (κ1) is 10.8. The number of hydrogen-bond donors (Lipinski definition) is 1. The van der Waals surface area contributed by atoms with Crippen molar-refractivity contribution in [2.24, 2.45) is 0 Å². The standard InChI is InChI=1S/C8HCl3N2OS/c9-4-2(1-12)5(10)6(11)7-3(4)8(14)13-15-7/h(H,13,14). The number of benzene rings is 1. The molecule has 0 amide bonds. The molecule has 15 heavy (non-hydrogen) atoms. The lowest BCUT2D eigenvalue weighted by Crippen LogP contribution is -1.98. The van der Waals surface area contributed by atoms with Crippen molar-refractivity contribution >= 4 is 56.4 Å². The Morgan fingerprint density at radius 3 is 2.47 bits per heavy atom. The molecule has 0 unspecified atom stereocenters. The fraction of sp³-hybridized carbons (Fsp3) is 0. The molecule has 1 aromatic heterocycles. The van der Waals surface area contributed by atoms with Crippen LogP contribution in [0, 0.1) is 11.3 Å². The Balaban J connectivity index is 3.14. The van der Waals surface area contributed by atoms with Gasteiger partial charge in [-0.15, -0.1) is 0 Å². The monoisotopic (exact) mass is 278 g/mol. The van der Waals surface area contributed by atoms with Gasteiger partial charge in [-0.2, -0.15) is 5.26 Å². The maximum Gasteiger partial charge on any atom is 0.267 e. The van der Waals surface area contributed by atoms with E-state index in [1.165, 1.54) is 0 Å². The van der Waals surface area contributed by atoms with E-state index in [9.17, 15) is 4.79 Å². The van der Waals surface area contributed by atoms with Crippen molar-refractivity contribution in [3.05, 3.63) is 31.0 Å². The second-order valence-electron chi connectivity index (χ2n) is 2.67. The fourth-order valence-electron chi connectivity index (χ4n) is 1.19. The van der Waals surface area contributed by atoms with Gasteiger partial charge in [0.05, 0.1) is 30.7 Å². The maximum atomic E-state index is 11.4. The van der Waals surface area contributed by atoms with Crippen molar-refractivity contribution in [1.29, 1.82) is 5.26 Å². The Labute approximate surface area is 103 Å². The van der Waals surface area contributed by atoms with Gasteiger partial charge in [0.15, 0.2) is 0 Å². The van der Waals surface area contributed by atoms with Crippen LogP contribution in [0.3, 0.4) is 0 Å². The number of H-pyrrole nitrogens is 1. The number of nitrogens with one attached hydrogen (secondary N) is 1. The van der Waals surface area contributed by atoms with E-state index < -0.39 is 0 Å². The van der Waals surface area contributed by atoms with E-state index in [4.69, 9.17) is 40.1 Å². The van der Waals surface area contributed by atoms with Gasteiger partial charge in [0, 0.05) is 0 Å². The number of halogens is 3. The highest BCUT2D eigenvalue weighted by molar-refractivity contribution is 7.14. The molecule has 76 valence electrons. The maximum absolute atomic E-state index is 11.4. The van der Waals surface area contributed by atoms with E-state index in [0.717, 1.165) is 11.5 Å². The largest absolute Gasteiger partial charge is 0.277 e. The number of fused-ring (bicyclic) bond motifs is 1. The molecule has 0 aliphatic heterocycles. The third-order valence-electron chi connectivity index (χ3n) is 1.86. The molecule has 1 N–H and O–H groups in total. The second-order valence-corrected chi connectivity index (χ2v) is 4.62. The van der Waals surface area contributed by atoms with Gasteiger partial charge >= 0.3 is 0 Å². The number of aromatic nitrogens is 1. The smallest absolute Gasteiger partial charge is 0.267 e. The van der Waals surface area contributed by atoms with Gasteiger partial charge in [-0.05, 0) is 0 Å². The molecule has 0 radical (unpaired) electrons. The normalized spacial score (nSPS) is 10.5. The molecule has 7 heteroatoms. The van der Waals surface area contributed by atoms with Crippen LogP contribution in [0.25, 0.3) is 10.1 Å². The highest BCUT2D eigenvalue weighted by Crippen LogP contribution is 2.39. The highest BCUT2D eigenvalue weighted by atomic mass is 35.5. The van der Waals surface area contributed by atoms with Crippen molar-refractivity contribution in [3.8, 4) is 6.07 Å². The molecule has 2 aromatic rings. The summed E-state index contributed by atoms with van der Waals surface area (Å²) in [4.78, 5) is 11.4. The second kappa shape index (κ2) is 3.69. The van der Waals surface area contributed by atoms with Crippen molar-refractivity contribution in [2.45, 2.75) is 0 Å². The third kappa shape index (κ3) is 1.44. The summed E-state index contributed by atoms with van der Waals surface area (Å²) in [6.45, 7) is 0. The van der Waals surface area contributed by atoms with Crippen LogP contribution < -0.4 is 5.56 Å². The minimum atomic E-state index is -0.366. The van der Waals surface area contributed by atoms with Gasteiger partial charge in [-0.3, -0.25) is 9.17 Å². The lowest BCUT2D eigenvalue weighted by Gasteiger charge is -2.01. The zero-order valence-electron chi connectivity index (χ0n) is 6.90. The first-order valence-corrected chi connectivity index (χ1v) is 5.60. The van der Waals surface area contributed by atoms with Crippen molar-refractivity contribution in [3.63, 3.8) is 0 Å². The molecule has 0 fully saturated rings.